The zero-order valence-electron chi connectivity index (χ0n) is 52.2. The molecule has 9 nitrogen and oxygen atoms in total. The van der Waals surface area contributed by atoms with Gasteiger partial charge >= 0.3 is 19.8 Å². The third kappa shape index (κ3) is 65.0. The Morgan fingerprint density at radius 2 is 0.671 bits per heavy atom. The lowest BCUT2D eigenvalue weighted by Gasteiger charge is -2.19. The Balaban J connectivity index is 4.03. The molecule has 0 aliphatic heterocycles. The molecule has 0 fully saturated rings. The van der Waals surface area contributed by atoms with E-state index >= 15 is 0 Å². The molecule has 2 atom stereocenters. The van der Waals surface area contributed by atoms with Crippen LogP contribution >= 0.6 is 7.82 Å². The van der Waals surface area contributed by atoms with E-state index in [0.717, 1.165) is 122 Å². The number of phosphoric acid groups is 1. The largest absolute Gasteiger partial charge is 0.472 e. The minimum absolute atomic E-state index is 0.0431. The molecular formula is C72H120NO8P. The van der Waals surface area contributed by atoms with Crippen molar-refractivity contribution in [3.8, 4) is 0 Å². The van der Waals surface area contributed by atoms with E-state index in [1.165, 1.54) is 109 Å². The fourth-order valence-electron chi connectivity index (χ4n) is 8.68. The Morgan fingerprint density at radius 3 is 1.00 bits per heavy atom. The zero-order chi connectivity index (χ0) is 59.4. The van der Waals surface area contributed by atoms with Gasteiger partial charge in [0.15, 0.2) is 6.10 Å². The lowest BCUT2D eigenvalue weighted by atomic mass is 10.0. The van der Waals surface area contributed by atoms with E-state index in [1.54, 1.807) is 0 Å². The quantitative estimate of drug-likeness (QED) is 0.0264. The number of hydrogen-bond acceptors (Lipinski definition) is 8. The highest BCUT2D eigenvalue weighted by atomic mass is 31.2. The van der Waals surface area contributed by atoms with Gasteiger partial charge < -0.3 is 20.1 Å². The topological polar surface area (TPSA) is 134 Å². The monoisotopic (exact) mass is 1160 g/mol. The molecule has 0 aliphatic rings. The Hall–Kier alpha value is -4.11. The van der Waals surface area contributed by atoms with Crippen molar-refractivity contribution in [2.24, 2.45) is 5.73 Å². The Morgan fingerprint density at radius 1 is 0.378 bits per heavy atom. The smallest absolute Gasteiger partial charge is 0.462 e. The van der Waals surface area contributed by atoms with Gasteiger partial charge in [-0.3, -0.25) is 18.6 Å². The van der Waals surface area contributed by atoms with Crippen molar-refractivity contribution in [2.75, 3.05) is 26.4 Å². The van der Waals surface area contributed by atoms with Crippen LogP contribution in [0.5, 0.6) is 0 Å². The van der Waals surface area contributed by atoms with Crippen LogP contribution in [0.2, 0.25) is 0 Å². The molecular weight excluding hydrogens is 1040 g/mol. The number of carbonyl (C=O) groups is 2. The summed E-state index contributed by atoms with van der Waals surface area (Å²) in [7, 11) is -4.41. The first kappa shape index (κ1) is 77.9. The summed E-state index contributed by atoms with van der Waals surface area (Å²) in [6.45, 7) is 3.61. The molecule has 0 radical (unpaired) electrons. The maximum atomic E-state index is 12.7. The van der Waals surface area contributed by atoms with Gasteiger partial charge in [0.1, 0.15) is 6.61 Å². The SMILES string of the molecule is CC/C=C\C/C=C\C/C=C\C/C=C\C/C=C\C/C=C\C/C=C\C/C=C\C/C=C\C/C=C\C/C=C\C/C=C\CCCCCCC(=O)OC(COC(=O)CCCCCCCCCCCCCCCCCCCCCC)COP(=O)(O)OCCN. The van der Waals surface area contributed by atoms with Crippen LogP contribution in [-0.2, 0) is 32.7 Å². The molecule has 0 aromatic carbocycles. The molecule has 2 unspecified atom stereocenters. The normalized spacial score (nSPS) is 14.0. The van der Waals surface area contributed by atoms with Crippen LogP contribution in [0.1, 0.15) is 264 Å². The number of nitrogens with two attached hydrogens (primary N) is 1. The van der Waals surface area contributed by atoms with Gasteiger partial charge in [-0.05, 0) is 103 Å². The number of ether oxygens (including phenoxy) is 2. The summed E-state index contributed by atoms with van der Waals surface area (Å²) in [5, 5.41) is 0. The van der Waals surface area contributed by atoms with Crippen molar-refractivity contribution in [1.82, 2.24) is 0 Å². The second-order valence-corrected chi connectivity index (χ2v) is 22.7. The van der Waals surface area contributed by atoms with Crippen molar-refractivity contribution in [2.45, 2.75) is 270 Å². The number of esters is 2. The minimum Gasteiger partial charge on any atom is -0.462 e. The second kappa shape index (κ2) is 66.0. The number of hydrogen-bond donors (Lipinski definition) is 2. The highest BCUT2D eigenvalue weighted by Gasteiger charge is 2.26. The van der Waals surface area contributed by atoms with Crippen LogP contribution in [0, 0.1) is 0 Å². The van der Waals surface area contributed by atoms with Gasteiger partial charge in [0.25, 0.3) is 0 Å². The van der Waals surface area contributed by atoms with Gasteiger partial charge in [-0.2, -0.15) is 0 Å². The van der Waals surface area contributed by atoms with Gasteiger partial charge in [0.2, 0.25) is 0 Å². The van der Waals surface area contributed by atoms with Crippen LogP contribution in [0.15, 0.2) is 146 Å². The first-order chi connectivity index (χ1) is 40.3. The van der Waals surface area contributed by atoms with E-state index in [1.807, 2.05) is 0 Å². The molecule has 82 heavy (non-hydrogen) atoms. The lowest BCUT2D eigenvalue weighted by molar-refractivity contribution is -0.161. The maximum absolute atomic E-state index is 12.7. The Kier molecular flexibility index (Phi) is 62.7. The molecule has 10 heteroatoms. The highest BCUT2D eigenvalue weighted by Crippen LogP contribution is 2.43. The third-order valence-corrected chi connectivity index (χ3v) is 14.5. The van der Waals surface area contributed by atoms with Gasteiger partial charge in [0, 0.05) is 19.4 Å². The predicted octanol–water partition coefficient (Wildman–Crippen LogP) is 21.5. The molecule has 466 valence electrons. The van der Waals surface area contributed by atoms with Crippen molar-refractivity contribution >= 4 is 19.8 Å². The Bertz CT molecular complexity index is 1850. The molecule has 0 aromatic rings. The average molecular weight is 1160 g/mol. The molecule has 0 amide bonds. The summed E-state index contributed by atoms with van der Waals surface area (Å²) in [5.74, 6) is -0.858. The van der Waals surface area contributed by atoms with Gasteiger partial charge in [-0.1, -0.05) is 295 Å². The van der Waals surface area contributed by atoms with E-state index < -0.39 is 26.5 Å². The first-order valence-electron chi connectivity index (χ1n) is 32.8. The highest BCUT2D eigenvalue weighted by molar-refractivity contribution is 7.47. The summed E-state index contributed by atoms with van der Waals surface area (Å²) >= 11 is 0. The second-order valence-electron chi connectivity index (χ2n) is 21.3. The number of allylic oxidation sites excluding steroid dienone is 24. The number of carbonyl (C=O) groups excluding carboxylic acids is 2. The summed E-state index contributed by atoms with van der Waals surface area (Å²) in [4.78, 5) is 35.2. The average Bonchev–Trinajstić information content (AvgIpc) is 3.47. The molecule has 0 heterocycles. The van der Waals surface area contributed by atoms with Gasteiger partial charge in [-0.25, -0.2) is 4.57 Å². The fraction of sp³-hybridized carbons (Fsp3) is 0.639. The van der Waals surface area contributed by atoms with Crippen molar-refractivity contribution in [3.63, 3.8) is 0 Å². The standard InChI is InChI=1S/C72H120NO8P/c1-3-5-7-9-11-13-15-17-19-21-23-25-26-27-28-29-30-31-32-33-34-35-36-37-38-39-40-41-42-43-44-45-47-49-51-53-55-57-59-61-63-65-72(75)81-70(69-80-82(76,77)79-67-66-73)68-78-71(74)64-62-60-58-56-54-52-50-48-46-24-22-20-18-16-14-12-10-8-6-4-2/h5,7,11,13,17,19,23,25,27-28,30-31,33-34,36-37,39-40,42-43,45,47,51,53,70H,3-4,6,8-10,12,14-16,18,20-22,24,26,29,32,35,38,41,44,46,48-50,52,54-69,73H2,1-2H3,(H,76,77)/b7-5-,13-11-,19-17-,25-23-,28-27-,31-30-,34-33-,37-36-,40-39-,43-42-,47-45-,53-51-. The summed E-state index contributed by atoms with van der Waals surface area (Å²) in [6, 6.07) is 0. The van der Waals surface area contributed by atoms with Crippen LogP contribution in [0.3, 0.4) is 0 Å². The summed E-state index contributed by atoms with van der Waals surface area (Å²) in [6.07, 6.45) is 94.9. The molecule has 0 aromatic heterocycles. The molecule has 0 bridgehead atoms. The molecule has 0 saturated carbocycles. The number of rotatable bonds is 60. The van der Waals surface area contributed by atoms with E-state index in [9.17, 15) is 19.0 Å². The molecule has 0 spiro atoms. The predicted molar refractivity (Wildman–Crippen MR) is 353 cm³/mol. The first-order valence-corrected chi connectivity index (χ1v) is 34.3. The molecule has 3 N–H and O–H groups in total. The van der Waals surface area contributed by atoms with Crippen LogP contribution in [0.4, 0.5) is 0 Å². The maximum Gasteiger partial charge on any atom is 0.472 e. The molecule has 0 aliphatic carbocycles. The van der Waals surface area contributed by atoms with Crippen molar-refractivity contribution in [3.05, 3.63) is 146 Å². The molecule has 0 saturated heterocycles. The number of unbranched alkanes of at least 4 members (excludes halogenated alkanes) is 23. The fourth-order valence-corrected chi connectivity index (χ4v) is 9.44. The van der Waals surface area contributed by atoms with Crippen LogP contribution in [-0.4, -0.2) is 49.3 Å². The van der Waals surface area contributed by atoms with Crippen LogP contribution < -0.4 is 5.73 Å². The summed E-state index contributed by atoms with van der Waals surface area (Å²) in [5.41, 5.74) is 5.39. The van der Waals surface area contributed by atoms with E-state index in [2.05, 4.69) is 160 Å². The van der Waals surface area contributed by atoms with E-state index in [-0.39, 0.29) is 38.6 Å². The minimum atomic E-state index is -4.41. The lowest BCUT2D eigenvalue weighted by Crippen LogP contribution is -2.29. The zero-order valence-corrected chi connectivity index (χ0v) is 53.1. The summed E-state index contributed by atoms with van der Waals surface area (Å²) < 4.78 is 33.1. The Labute approximate surface area is 503 Å². The van der Waals surface area contributed by atoms with Gasteiger partial charge in [0.05, 0.1) is 13.2 Å². The van der Waals surface area contributed by atoms with Gasteiger partial charge in [-0.15, -0.1) is 0 Å². The molecule has 0 rings (SSSR count). The van der Waals surface area contributed by atoms with Crippen molar-refractivity contribution in [1.29, 1.82) is 0 Å². The van der Waals surface area contributed by atoms with E-state index in [0.29, 0.717) is 6.42 Å². The third-order valence-electron chi connectivity index (χ3n) is 13.5. The van der Waals surface area contributed by atoms with Crippen molar-refractivity contribution < 1.29 is 37.6 Å². The van der Waals surface area contributed by atoms with E-state index in [4.69, 9.17) is 24.3 Å². The number of phosphoric ester groups is 1. The van der Waals surface area contributed by atoms with Crippen LogP contribution in [0.25, 0.3) is 0 Å².